The van der Waals surface area contributed by atoms with E-state index in [9.17, 15) is 10.1 Å². The number of guanidine groups is 2. The summed E-state index contributed by atoms with van der Waals surface area (Å²) in [6.45, 7) is 3.81. The molecule has 10 heteroatoms. The summed E-state index contributed by atoms with van der Waals surface area (Å²) in [5.74, 6) is 0.451. The van der Waals surface area contributed by atoms with Gasteiger partial charge in [0.2, 0.25) is 11.9 Å². The minimum absolute atomic E-state index is 0. The highest BCUT2D eigenvalue weighted by Crippen LogP contribution is 2.32. The van der Waals surface area contributed by atoms with Gasteiger partial charge in [-0.05, 0) is 50.2 Å². The normalized spacial score (nSPS) is 15.4. The molecule has 0 aliphatic carbocycles. The maximum absolute atomic E-state index is 10.7. The van der Waals surface area contributed by atoms with Crippen LogP contribution in [-0.4, -0.2) is 22.5 Å². The molecule has 0 radical (unpaired) electrons. The fourth-order valence-corrected chi connectivity index (χ4v) is 3.50. The molecule has 2 aromatic carbocycles. The van der Waals surface area contributed by atoms with E-state index in [0.29, 0.717) is 5.96 Å². The minimum atomic E-state index is -0.636. The number of nitrogens with two attached hydrogens (primary N) is 2. The van der Waals surface area contributed by atoms with Gasteiger partial charge >= 0.3 is 0 Å². The van der Waals surface area contributed by atoms with Gasteiger partial charge in [0.05, 0.1) is 4.92 Å². The number of halogens is 1. The van der Waals surface area contributed by atoms with Crippen molar-refractivity contribution >= 4 is 47.5 Å². The van der Waals surface area contributed by atoms with Crippen molar-refractivity contribution in [2.45, 2.75) is 29.3 Å². The van der Waals surface area contributed by atoms with Crippen molar-refractivity contribution in [3.05, 3.63) is 58.6 Å². The molecule has 27 heavy (non-hydrogen) atoms. The largest absolute Gasteiger partial charge is 0.369 e. The number of benzene rings is 2. The average molecular weight is 407 g/mol. The standard InChI is InChI=1S/C17H18N6O2S.ClH/c1-17(2)21-15(18)20-16(19)22(17)11-3-7-13(8-4-11)26-14-9-5-12(6-10-14)23(24)25;/h3-10H,1-2H3,(H4,18,19,20,21);1H. The van der Waals surface area contributed by atoms with Crippen molar-refractivity contribution in [1.29, 1.82) is 0 Å². The van der Waals surface area contributed by atoms with Crippen molar-refractivity contribution < 1.29 is 4.92 Å². The summed E-state index contributed by atoms with van der Waals surface area (Å²) in [6, 6.07) is 14.2. The lowest BCUT2D eigenvalue weighted by atomic mass is 10.1. The van der Waals surface area contributed by atoms with Crippen LogP contribution in [0.4, 0.5) is 11.4 Å². The van der Waals surface area contributed by atoms with Crippen LogP contribution in [-0.2, 0) is 0 Å². The minimum Gasteiger partial charge on any atom is -0.369 e. The second kappa shape index (κ2) is 7.85. The molecule has 0 fully saturated rings. The Morgan fingerprint density at radius 3 is 2.04 bits per heavy atom. The van der Waals surface area contributed by atoms with Gasteiger partial charge in [-0.2, -0.15) is 4.99 Å². The van der Waals surface area contributed by atoms with Crippen molar-refractivity contribution in [1.82, 2.24) is 0 Å². The first-order chi connectivity index (χ1) is 12.3. The highest BCUT2D eigenvalue weighted by molar-refractivity contribution is 7.99. The number of anilines is 1. The maximum atomic E-state index is 10.7. The van der Waals surface area contributed by atoms with E-state index < -0.39 is 10.6 Å². The van der Waals surface area contributed by atoms with Crippen LogP contribution >= 0.6 is 24.2 Å². The number of nitro benzene ring substituents is 1. The molecule has 0 spiro atoms. The number of nitrogens with zero attached hydrogens (tertiary/aromatic N) is 4. The number of aliphatic imine (C=N–C) groups is 2. The highest BCUT2D eigenvalue weighted by atomic mass is 35.5. The molecule has 2 aromatic rings. The second-order valence-corrected chi connectivity index (χ2v) is 7.26. The summed E-state index contributed by atoms with van der Waals surface area (Å²) < 4.78 is 0. The first-order valence-electron chi connectivity index (χ1n) is 7.78. The Labute approximate surface area is 166 Å². The Morgan fingerprint density at radius 1 is 1.04 bits per heavy atom. The summed E-state index contributed by atoms with van der Waals surface area (Å²) in [6.07, 6.45) is 0. The smallest absolute Gasteiger partial charge is 0.269 e. The molecule has 0 aromatic heterocycles. The summed E-state index contributed by atoms with van der Waals surface area (Å²) in [7, 11) is 0. The third kappa shape index (κ3) is 4.50. The Bertz CT molecular complexity index is 897. The average Bonchev–Trinajstić information content (AvgIpc) is 2.55. The van der Waals surface area contributed by atoms with Crippen LogP contribution in [0.15, 0.2) is 68.3 Å². The van der Waals surface area contributed by atoms with E-state index in [-0.39, 0.29) is 24.1 Å². The Kier molecular flexibility index (Phi) is 5.97. The molecule has 0 saturated carbocycles. The fraction of sp³-hybridized carbons (Fsp3) is 0.176. The molecular formula is C17H19ClN6O2S. The topological polar surface area (TPSA) is 123 Å². The molecular weight excluding hydrogens is 388 g/mol. The number of nitro groups is 1. The lowest BCUT2D eigenvalue weighted by Crippen LogP contribution is -2.54. The summed E-state index contributed by atoms with van der Waals surface area (Å²) in [5.41, 5.74) is 12.0. The zero-order valence-corrected chi connectivity index (χ0v) is 16.3. The van der Waals surface area contributed by atoms with Gasteiger partial charge in [0.15, 0.2) is 0 Å². The van der Waals surface area contributed by atoms with E-state index in [1.807, 2.05) is 43.0 Å². The van der Waals surface area contributed by atoms with Gasteiger partial charge in [-0.1, -0.05) is 11.8 Å². The Morgan fingerprint density at radius 2 is 1.56 bits per heavy atom. The van der Waals surface area contributed by atoms with E-state index in [4.69, 9.17) is 11.5 Å². The van der Waals surface area contributed by atoms with Crippen molar-refractivity contribution in [3.8, 4) is 0 Å². The van der Waals surface area contributed by atoms with Gasteiger partial charge < -0.3 is 11.5 Å². The first kappa shape index (κ1) is 20.5. The predicted octanol–water partition coefficient (Wildman–Crippen LogP) is 3.35. The van der Waals surface area contributed by atoms with Crippen LogP contribution in [0, 0.1) is 10.1 Å². The quantitative estimate of drug-likeness (QED) is 0.592. The molecule has 8 nitrogen and oxygen atoms in total. The molecule has 4 N–H and O–H groups in total. The van der Waals surface area contributed by atoms with Crippen LogP contribution in [0.3, 0.4) is 0 Å². The molecule has 0 amide bonds. The number of hydrogen-bond acceptors (Lipinski definition) is 8. The van der Waals surface area contributed by atoms with Crippen LogP contribution in [0.5, 0.6) is 0 Å². The molecule has 0 atom stereocenters. The molecule has 0 saturated heterocycles. The molecule has 1 aliphatic rings. The van der Waals surface area contributed by atoms with Crippen LogP contribution < -0.4 is 16.4 Å². The van der Waals surface area contributed by atoms with Gasteiger partial charge in [0.1, 0.15) is 5.66 Å². The number of hydrogen-bond donors (Lipinski definition) is 2. The van der Waals surface area contributed by atoms with Crippen LogP contribution in [0.2, 0.25) is 0 Å². The van der Waals surface area contributed by atoms with Crippen LogP contribution in [0.1, 0.15) is 13.8 Å². The third-order valence-electron chi connectivity index (χ3n) is 3.77. The van der Waals surface area contributed by atoms with Crippen molar-refractivity contribution in [2.75, 3.05) is 4.90 Å². The zero-order chi connectivity index (χ0) is 18.9. The number of non-ortho nitro benzene ring substituents is 1. The molecule has 1 aliphatic heterocycles. The lowest BCUT2D eigenvalue weighted by molar-refractivity contribution is -0.384. The highest BCUT2D eigenvalue weighted by Gasteiger charge is 2.32. The van der Waals surface area contributed by atoms with Gasteiger partial charge in [0, 0.05) is 27.6 Å². The van der Waals surface area contributed by atoms with Gasteiger partial charge in [-0.25, -0.2) is 4.99 Å². The summed E-state index contributed by atoms with van der Waals surface area (Å²) in [4.78, 5) is 22.4. The van der Waals surface area contributed by atoms with E-state index >= 15 is 0 Å². The lowest BCUT2D eigenvalue weighted by Gasteiger charge is -2.38. The molecule has 0 bridgehead atoms. The third-order valence-corrected chi connectivity index (χ3v) is 4.79. The van der Waals surface area contributed by atoms with E-state index in [1.54, 1.807) is 12.1 Å². The SMILES string of the molecule is CC1(C)N=C(N)N=C(N)N1c1ccc(Sc2ccc([N+](=O)[O-])cc2)cc1.Cl. The van der Waals surface area contributed by atoms with Crippen molar-refractivity contribution in [2.24, 2.45) is 21.5 Å². The first-order valence-corrected chi connectivity index (χ1v) is 8.60. The van der Waals surface area contributed by atoms with Gasteiger partial charge in [-0.3, -0.25) is 15.0 Å². The van der Waals surface area contributed by atoms with E-state index in [2.05, 4.69) is 9.98 Å². The maximum Gasteiger partial charge on any atom is 0.269 e. The second-order valence-electron chi connectivity index (χ2n) is 6.12. The predicted molar refractivity (Wildman–Crippen MR) is 111 cm³/mol. The monoisotopic (exact) mass is 406 g/mol. The molecule has 3 rings (SSSR count). The zero-order valence-electron chi connectivity index (χ0n) is 14.7. The Hall–Kier alpha value is -2.78. The van der Waals surface area contributed by atoms with Gasteiger partial charge in [-0.15, -0.1) is 12.4 Å². The number of rotatable bonds is 4. The van der Waals surface area contributed by atoms with E-state index in [0.717, 1.165) is 15.5 Å². The van der Waals surface area contributed by atoms with Crippen LogP contribution in [0.25, 0.3) is 0 Å². The van der Waals surface area contributed by atoms with Crippen molar-refractivity contribution in [3.63, 3.8) is 0 Å². The summed E-state index contributed by atoms with van der Waals surface area (Å²) in [5, 5.41) is 10.7. The fourth-order valence-electron chi connectivity index (χ4n) is 2.69. The molecule has 0 unspecified atom stereocenters. The molecule has 142 valence electrons. The van der Waals surface area contributed by atoms with Gasteiger partial charge in [0.25, 0.3) is 5.69 Å². The Balaban J connectivity index is 0.00000261. The molecule has 1 heterocycles. The summed E-state index contributed by atoms with van der Waals surface area (Å²) >= 11 is 1.51. The van der Waals surface area contributed by atoms with E-state index in [1.165, 1.54) is 23.9 Å².